The van der Waals surface area contributed by atoms with Gasteiger partial charge in [-0.15, -0.1) is 0 Å². The zero-order valence-corrected chi connectivity index (χ0v) is 13.7. The molecule has 5 heteroatoms. The van der Waals surface area contributed by atoms with Gasteiger partial charge in [-0.2, -0.15) is 17.3 Å². The van der Waals surface area contributed by atoms with Crippen molar-refractivity contribution in [2.45, 2.75) is 19.6 Å². The Morgan fingerprint density at radius 1 is 1.00 bits per heavy atom. The van der Waals surface area contributed by atoms with Crippen LogP contribution in [0.25, 0.3) is 0 Å². The Morgan fingerprint density at radius 3 is 1.46 bits per heavy atom. The van der Waals surface area contributed by atoms with E-state index in [1.807, 2.05) is 0 Å². The summed E-state index contributed by atoms with van der Waals surface area (Å²) < 4.78 is 0. The summed E-state index contributed by atoms with van der Waals surface area (Å²) in [5.41, 5.74) is 0. The van der Waals surface area contributed by atoms with Crippen molar-refractivity contribution < 1.29 is 18.2 Å². The molecule has 0 radical (unpaired) electrons. The summed E-state index contributed by atoms with van der Waals surface area (Å²) in [6.45, 7) is 7.09. The van der Waals surface area contributed by atoms with Crippen LogP contribution < -0.4 is 5.19 Å². The van der Waals surface area contributed by atoms with Crippen LogP contribution in [0.15, 0.2) is 24.3 Å². The summed E-state index contributed by atoms with van der Waals surface area (Å²) >= 11 is -2.13. The van der Waals surface area contributed by atoms with E-state index >= 15 is 0 Å². The first kappa shape index (κ1) is 14.3. The van der Waals surface area contributed by atoms with E-state index < -0.39 is 26.2 Å². The summed E-state index contributed by atoms with van der Waals surface area (Å²) in [6.07, 6.45) is 0. The van der Waals surface area contributed by atoms with Crippen LogP contribution >= 0.6 is 25.5 Å². The predicted octanol–water partition coefficient (Wildman–Crippen LogP) is 4.02. The van der Waals surface area contributed by atoms with E-state index in [0.29, 0.717) is 0 Å². The van der Waals surface area contributed by atoms with Crippen LogP contribution in [0, 0.1) is 0 Å². The molecule has 0 N–H and O–H groups in total. The van der Waals surface area contributed by atoms with Crippen LogP contribution in [0.3, 0.4) is 0 Å². The van der Waals surface area contributed by atoms with Gasteiger partial charge in [0.15, 0.2) is 0 Å². The van der Waals surface area contributed by atoms with Crippen LogP contribution in [-0.4, -0.2) is 8.07 Å². The SMILES string of the molecule is C[Si](C)(C)[c-]1cccc1.[Cl][Zr]([Cl])[Cl]. The number of hydrogen-bond donors (Lipinski definition) is 0. The molecule has 0 fully saturated rings. The molecule has 0 spiro atoms. The van der Waals surface area contributed by atoms with Gasteiger partial charge in [-0.25, -0.2) is 12.1 Å². The van der Waals surface area contributed by atoms with E-state index in [4.69, 9.17) is 25.5 Å². The fourth-order valence-electron chi connectivity index (χ4n) is 0.874. The standard InChI is InChI=1S/C8H13Si.3ClH.Zr/c1-9(2,3)8-6-4-5-7-8;;;;/h4-7H,1-3H3;3*1H;/q-1;;;;+3/p-3. The molecule has 0 aliphatic carbocycles. The quantitative estimate of drug-likeness (QED) is 0.537. The first-order chi connectivity index (χ1) is 5.84. The molecule has 0 atom stereocenters. The van der Waals surface area contributed by atoms with Crippen molar-refractivity contribution in [2.75, 3.05) is 0 Å². The minimum atomic E-state index is -2.13. The van der Waals surface area contributed by atoms with Gasteiger partial charge < -0.3 is 0 Å². The predicted molar refractivity (Wildman–Crippen MR) is 62.6 cm³/mol. The normalized spacial score (nSPS) is 10.3. The molecule has 0 amide bonds. The van der Waals surface area contributed by atoms with Crippen molar-refractivity contribution in [1.82, 2.24) is 0 Å². The monoisotopic (exact) mass is 332 g/mol. The van der Waals surface area contributed by atoms with Crippen molar-refractivity contribution in [3.05, 3.63) is 24.3 Å². The Labute approximate surface area is 99.9 Å². The maximum atomic E-state index is 5.00. The topological polar surface area (TPSA) is 0 Å². The molecule has 1 rings (SSSR count). The average Bonchev–Trinajstić information content (AvgIpc) is 2.31. The van der Waals surface area contributed by atoms with Crippen LogP contribution in [-0.2, 0) is 18.2 Å². The van der Waals surface area contributed by atoms with Crippen LogP contribution in [0.1, 0.15) is 0 Å². The zero-order chi connectivity index (χ0) is 10.5. The molecule has 0 heterocycles. The van der Waals surface area contributed by atoms with Gasteiger partial charge in [0.25, 0.3) is 0 Å². The van der Waals surface area contributed by atoms with E-state index in [1.165, 1.54) is 0 Å². The molecule has 0 aliphatic rings. The molecule has 0 bridgehead atoms. The molecular weight excluding hydrogens is 322 g/mol. The van der Waals surface area contributed by atoms with Gasteiger partial charge in [0.1, 0.15) is 0 Å². The first-order valence-electron chi connectivity index (χ1n) is 3.89. The third-order valence-electron chi connectivity index (χ3n) is 1.53. The zero-order valence-electron chi connectivity index (χ0n) is 7.94. The first-order valence-corrected chi connectivity index (χ1v) is 16.9. The molecule has 1 aromatic rings. The second-order valence-corrected chi connectivity index (χ2v) is 19.9. The maximum absolute atomic E-state index is 5.00. The summed E-state index contributed by atoms with van der Waals surface area (Å²) in [6, 6.07) is 8.69. The van der Waals surface area contributed by atoms with Gasteiger partial charge in [0.2, 0.25) is 0 Å². The minimum absolute atomic E-state index is 0.981. The summed E-state index contributed by atoms with van der Waals surface area (Å²) in [5, 5.41) is 1.56. The third kappa shape index (κ3) is 8.32. The van der Waals surface area contributed by atoms with Gasteiger partial charge in [0, 0.05) is 8.07 Å². The number of hydrogen-bond acceptors (Lipinski definition) is 0. The van der Waals surface area contributed by atoms with E-state index in [9.17, 15) is 0 Å². The van der Waals surface area contributed by atoms with Gasteiger partial charge in [-0.3, -0.25) is 0 Å². The van der Waals surface area contributed by atoms with Gasteiger partial charge in [-0.1, -0.05) is 19.6 Å². The third-order valence-corrected chi connectivity index (χ3v) is 3.59. The van der Waals surface area contributed by atoms with E-state index in [1.54, 1.807) is 5.19 Å². The average molecular weight is 335 g/mol. The van der Waals surface area contributed by atoms with Crippen LogP contribution in [0.5, 0.6) is 0 Å². The Kier molecular flexibility index (Phi) is 7.42. The summed E-state index contributed by atoms with van der Waals surface area (Å²) in [7, 11) is 14.0. The van der Waals surface area contributed by atoms with Crippen molar-refractivity contribution in [3.8, 4) is 0 Å². The van der Waals surface area contributed by atoms with E-state index in [2.05, 4.69) is 43.9 Å². The molecule has 0 saturated carbocycles. The molecule has 0 saturated heterocycles. The Bertz CT molecular complexity index is 213. The van der Waals surface area contributed by atoms with E-state index in [0.717, 1.165) is 0 Å². The summed E-state index contributed by atoms with van der Waals surface area (Å²) in [4.78, 5) is 0. The molecule has 75 valence electrons. The Morgan fingerprint density at radius 2 is 1.31 bits per heavy atom. The van der Waals surface area contributed by atoms with E-state index in [-0.39, 0.29) is 0 Å². The number of halogens is 3. The Hall–Kier alpha value is 1.32. The van der Waals surface area contributed by atoms with Crippen LogP contribution in [0.2, 0.25) is 19.6 Å². The molecule has 0 aromatic heterocycles. The van der Waals surface area contributed by atoms with Gasteiger partial charge >= 0.3 is 43.7 Å². The second-order valence-electron chi connectivity index (χ2n) is 3.64. The fraction of sp³-hybridized carbons (Fsp3) is 0.375. The number of rotatable bonds is 1. The molecular formula is C8H13Cl3SiZr-. The fourth-order valence-corrected chi connectivity index (χ4v) is 2.07. The van der Waals surface area contributed by atoms with Gasteiger partial charge in [0.05, 0.1) is 0 Å². The van der Waals surface area contributed by atoms with Crippen molar-refractivity contribution >= 4 is 38.8 Å². The van der Waals surface area contributed by atoms with Crippen LogP contribution in [0.4, 0.5) is 0 Å². The second kappa shape index (κ2) is 6.74. The molecule has 0 aliphatic heterocycles. The van der Waals surface area contributed by atoms with Crippen molar-refractivity contribution in [1.29, 1.82) is 0 Å². The van der Waals surface area contributed by atoms with Crippen molar-refractivity contribution in [2.24, 2.45) is 0 Å². The van der Waals surface area contributed by atoms with Crippen molar-refractivity contribution in [3.63, 3.8) is 0 Å². The molecule has 0 nitrogen and oxygen atoms in total. The van der Waals surface area contributed by atoms with Gasteiger partial charge in [-0.05, 0) is 0 Å². The Balaban J connectivity index is 0.000000310. The molecule has 1 aromatic carbocycles. The summed E-state index contributed by atoms with van der Waals surface area (Å²) in [5.74, 6) is 0. The molecule has 13 heavy (non-hydrogen) atoms. The molecule has 0 unspecified atom stereocenters.